The lowest BCUT2D eigenvalue weighted by Crippen LogP contribution is -2.56. The van der Waals surface area contributed by atoms with Crippen molar-refractivity contribution in [1.82, 2.24) is 10.2 Å². The zero-order chi connectivity index (χ0) is 15.0. The lowest BCUT2D eigenvalue weighted by molar-refractivity contribution is -0.148. The predicted molar refractivity (Wildman–Crippen MR) is 76.5 cm³/mol. The highest BCUT2D eigenvalue weighted by Gasteiger charge is 2.50. The van der Waals surface area contributed by atoms with Gasteiger partial charge in [0.25, 0.3) is 0 Å². The van der Waals surface area contributed by atoms with Gasteiger partial charge in [-0.3, -0.25) is 0 Å². The molecule has 1 saturated heterocycles. The van der Waals surface area contributed by atoms with Gasteiger partial charge in [0.05, 0.1) is 0 Å². The fourth-order valence-electron chi connectivity index (χ4n) is 3.38. The largest absolute Gasteiger partial charge is 0.479 e. The molecule has 0 spiro atoms. The molecule has 2 amide bonds. The summed E-state index contributed by atoms with van der Waals surface area (Å²) < 4.78 is 0. The molecule has 1 heterocycles. The van der Waals surface area contributed by atoms with E-state index >= 15 is 0 Å². The van der Waals surface area contributed by atoms with Crippen molar-refractivity contribution in [2.45, 2.75) is 58.4 Å². The number of urea groups is 1. The number of carboxylic acid groups (broad SMARTS) is 1. The van der Waals surface area contributed by atoms with Crippen molar-refractivity contribution >= 4 is 12.0 Å². The van der Waals surface area contributed by atoms with E-state index in [1.165, 1.54) is 4.90 Å². The topological polar surface area (TPSA) is 69.6 Å². The first-order valence-electron chi connectivity index (χ1n) is 7.67. The highest BCUT2D eigenvalue weighted by atomic mass is 16.4. The number of nitrogens with zero attached hydrogens (tertiary/aromatic N) is 1. The maximum Gasteiger partial charge on any atom is 0.329 e. The molecule has 1 unspecified atom stereocenters. The second-order valence-corrected chi connectivity index (χ2v) is 6.62. The quantitative estimate of drug-likeness (QED) is 0.813. The molecule has 0 bridgehead atoms. The number of hydrogen-bond acceptors (Lipinski definition) is 2. The maximum atomic E-state index is 12.4. The van der Waals surface area contributed by atoms with E-state index in [1.807, 2.05) is 6.92 Å². The predicted octanol–water partition coefficient (Wildman–Crippen LogP) is 2.46. The third kappa shape index (κ3) is 2.38. The number of carbonyl (C=O) groups is 2. The standard InChI is InChI=1S/C15H26N2O3/c1-4-15(12(18)19)6-5-9-17(15)13(20)16-10-14(7-8-14)11(2)3/h11H,4-10H2,1-3H3,(H,16,20)(H,18,19). The number of nitrogens with one attached hydrogen (secondary N) is 1. The minimum atomic E-state index is -1.00. The molecule has 2 rings (SSSR count). The molecule has 1 aliphatic carbocycles. The number of carboxylic acids is 1. The van der Waals surface area contributed by atoms with Gasteiger partial charge in [-0.25, -0.2) is 9.59 Å². The first-order chi connectivity index (χ1) is 9.38. The summed E-state index contributed by atoms with van der Waals surface area (Å²) in [7, 11) is 0. The zero-order valence-electron chi connectivity index (χ0n) is 12.7. The molecule has 1 atom stereocenters. The van der Waals surface area contributed by atoms with Gasteiger partial charge in [0.15, 0.2) is 0 Å². The van der Waals surface area contributed by atoms with Crippen LogP contribution in [0.3, 0.4) is 0 Å². The molecule has 1 aliphatic heterocycles. The SMILES string of the molecule is CCC1(C(=O)O)CCCN1C(=O)NCC1(C(C)C)CC1. The van der Waals surface area contributed by atoms with E-state index < -0.39 is 11.5 Å². The Bertz CT molecular complexity index is 404. The van der Waals surface area contributed by atoms with Crippen molar-refractivity contribution in [3.8, 4) is 0 Å². The Morgan fingerprint density at radius 1 is 1.30 bits per heavy atom. The second kappa shape index (κ2) is 5.26. The average molecular weight is 282 g/mol. The lowest BCUT2D eigenvalue weighted by Gasteiger charge is -2.34. The molecule has 2 fully saturated rings. The van der Waals surface area contributed by atoms with E-state index in [9.17, 15) is 14.7 Å². The van der Waals surface area contributed by atoms with E-state index in [2.05, 4.69) is 19.2 Å². The van der Waals surface area contributed by atoms with Crippen molar-refractivity contribution in [3.05, 3.63) is 0 Å². The Labute approximate surface area is 120 Å². The lowest BCUT2D eigenvalue weighted by atomic mass is 9.92. The van der Waals surface area contributed by atoms with Gasteiger partial charge in [0.2, 0.25) is 0 Å². The Morgan fingerprint density at radius 2 is 1.95 bits per heavy atom. The van der Waals surface area contributed by atoms with Crippen LogP contribution in [-0.2, 0) is 4.79 Å². The Balaban J connectivity index is 2.00. The average Bonchev–Trinajstić information content (AvgIpc) is 3.07. The summed E-state index contributed by atoms with van der Waals surface area (Å²) in [6.45, 7) is 7.42. The number of aliphatic carboxylic acids is 1. The van der Waals surface area contributed by atoms with Gasteiger partial charge < -0.3 is 15.3 Å². The van der Waals surface area contributed by atoms with Crippen molar-refractivity contribution in [2.24, 2.45) is 11.3 Å². The van der Waals surface area contributed by atoms with Crippen molar-refractivity contribution in [3.63, 3.8) is 0 Å². The van der Waals surface area contributed by atoms with Crippen molar-refractivity contribution in [1.29, 1.82) is 0 Å². The van der Waals surface area contributed by atoms with Gasteiger partial charge >= 0.3 is 12.0 Å². The molecular weight excluding hydrogens is 256 g/mol. The van der Waals surface area contributed by atoms with Gasteiger partial charge in [-0.15, -0.1) is 0 Å². The zero-order valence-corrected chi connectivity index (χ0v) is 12.7. The Hall–Kier alpha value is -1.26. The number of carbonyl (C=O) groups excluding carboxylic acids is 1. The number of hydrogen-bond donors (Lipinski definition) is 2. The summed E-state index contributed by atoms with van der Waals surface area (Å²) in [6, 6.07) is -0.210. The number of rotatable bonds is 5. The summed E-state index contributed by atoms with van der Waals surface area (Å²) in [5, 5.41) is 12.5. The third-order valence-electron chi connectivity index (χ3n) is 5.43. The van der Waals surface area contributed by atoms with E-state index in [1.54, 1.807) is 0 Å². The molecule has 2 aliphatic rings. The first-order valence-corrected chi connectivity index (χ1v) is 7.67. The second-order valence-electron chi connectivity index (χ2n) is 6.62. The van der Waals surface area contributed by atoms with Crippen LogP contribution >= 0.6 is 0 Å². The first kappa shape index (κ1) is 15.1. The van der Waals surface area contributed by atoms with E-state index in [4.69, 9.17) is 0 Å². The molecule has 20 heavy (non-hydrogen) atoms. The van der Waals surface area contributed by atoms with Crippen LogP contribution in [0.5, 0.6) is 0 Å². The van der Waals surface area contributed by atoms with Gasteiger partial charge in [-0.1, -0.05) is 20.8 Å². The van der Waals surface area contributed by atoms with Crippen molar-refractivity contribution in [2.75, 3.05) is 13.1 Å². The van der Waals surface area contributed by atoms with Gasteiger partial charge in [0, 0.05) is 13.1 Å². The summed E-state index contributed by atoms with van der Waals surface area (Å²) >= 11 is 0. The monoisotopic (exact) mass is 282 g/mol. The minimum absolute atomic E-state index is 0.210. The van der Waals surface area contributed by atoms with E-state index in [-0.39, 0.29) is 11.4 Å². The van der Waals surface area contributed by atoms with Crippen LogP contribution < -0.4 is 5.32 Å². The smallest absolute Gasteiger partial charge is 0.329 e. The third-order valence-corrected chi connectivity index (χ3v) is 5.43. The van der Waals surface area contributed by atoms with Crippen LogP contribution in [0, 0.1) is 11.3 Å². The Kier molecular flexibility index (Phi) is 3.98. The Morgan fingerprint density at radius 3 is 2.40 bits per heavy atom. The fourth-order valence-corrected chi connectivity index (χ4v) is 3.38. The molecule has 0 aromatic rings. The van der Waals surface area contributed by atoms with Crippen LogP contribution in [0.4, 0.5) is 4.79 Å². The molecule has 5 nitrogen and oxygen atoms in total. The number of likely N-dealkylation sites (tertiary alicyclic amines) is 1. The molecule has 2 N–H and O–H groups in total. The molecule has 5 heteroatoms. The maximum absolute atomic E-state index is 12.4. The normalized spacial score (nSPS) is 27.7. The van der Waals surface area contributed by atoms with E-state index in [0.717, 1.165) is 19.3 Å². The highest BCUT2D eigenvalue weighted by Crippen LogP contribution is 2.51. The van der Waals surface area contributed by atoms with Crippen molar-refractivity contribution < 1.29 is 14.7 Å². The molecule has 0 radical (unpaired) electrons. The van der Waals surface area contributed by atoms with Crippen LogP contribution in [0.15, 0.2) is 0 Å². The molecule has 0 aromatic carbocycles. The van der Waals surface area contributed by atoms with E-state index in [0.29, 0.717) is 31.8 Å². The van der Waals surface area contributed by atoms with Crippen LogP contribution in [0.2, 0.25) is 0 Å². The van der Waals surface area contributed by atoms with Gasteiger partial charge in [0.1, 0.15) is 5.54 Å². The van der Waals surface area contributed by atoms with Crippen LogP contribution in [0.25, 0.3) is 0 Å². The summed E-state index contributed by atoms with van der Waals surface area (Å²) in [4.78, 5) is 25.5. The fraction of sp³-hybridized carbons (Fsp3) is 0.867. The summed E-state index contributed by atoms with van der Waals surface area (Å²) in [5.41, 5.74) is -0.758. The van der Waals surface area contributed by atoms with Gasteiger partial charge in [-0.05, 0) is 43.4 Å². The molecular formula is C15H26N2O3. The summed E-state index contributed by atoms with van der Waals surface area (Å²) in [6.07, 6.45) is 4.10. The summed E-state index contributed by atoms with van der Waals surface area (Å²) in [5.74, 6) is -0.325. The number of amides is 2. The highest BCUT2D eigenvalue weighted by molar-refractivity contribution is 5.87. The molecule has 1 saturated carbocycles. The van der Waals surface area contributed by atoms with Crippen LogP contribution in [-0.4, -0.2) is 40.6 Å². The van der Waals surface area contributed by atoms with Gasteiger partial charge in [-0.2, -0.15) is 0 Å². The van der Waals surface area contributed by atoms with Crippen LogP contribution in [0.1, 0.15) is 52.9 Å². The molecule has 0 aromatic heterocycles. The molecule has 114 valence electrons. The minimum Gasteiger partial charge on any atom is -0.479 e.